The minimum atomic E-state index is -2.24. The third-order valence-corrected chi connectivity index (χ3v) is 9.64. The van der Waals surface area contributed by atoms with E-state index in [0.29, 0.717) is 16.4 Å². The van der Waals surface area contributed by atoms with E-state index in [2.05, 4.69) is 59.7 Å². The lowest BCUT2D eigenvalue weighted by Crippen LogP contribution is -2.44. The van der Waals surface area contributed by atoms with Gasteiger partial charge in [-0.1, -0.05) is 32.4 Å². The number of anilines is 1. The normalized spacial score (nSPS) is 13.4. The summed E-state index contributed by atoms with van der Waals surface area (Å²) in [7, 11) is -2.24. The van der Waals surface area contributed by atoms with Crippen LogP contribution in [0.2, 0.25) is 23.3 Å². The van der Waals surface area contributed by atoms with E-state index in [1.807, 2.05) is 13.8 Å². The van der Waals surface area contributed by atoms with Gasteiger partial charge in [-0.15, -0.1) is 10.2 Å². The molecule has 9 nitrogen and oxygen atoms in total. The number of hydrogen-bond donors (Lipinski definition) is 3. The molecule has 2 aromatic rings. The highest BCUT2D eigenvalue weighted by molar-refractivity contribution is 6.74. The fraction of sp³-hybridized carbons (Fsp3) is 0.579. The molecule has 0 aliphatic rings. The summed E-state index contributed by atoms with van der Waals surface area (Å²) in [6.07, 6.45) is -0.294. The van der Waals surface area contributed by atoms with E-state index in [9.17, 15) is 4.79 Å². The SMILES string of the molecule is CC(C)Nc1cc(Cl)ncc1-c1nnc(C(CNC(=O)O)O[Si](C)(C)C(C)(C)C)o1. The fourth-order valence-electron chi connectivity index (χ4n) is 2.40. The van der Waals surface area contributed by atoms with Crippen molar-refractivity contribution in [2.45, 2.75) is 64.9 Å². The van der Waals surface area contributed by atoms with Crippen molar-refractivity contribution in [2.24, 2.45) is 0 Å². The van der Waals surface area contributed by atoms with Crippen molar-refractivity contribution in [3.05, 3.63) is 23.3 Å². The predicted molar refractivity (Wildman–Crippen MR) is 118 cm³/mol. The molecule has 0 aliphatic carbocycles. The molecule has 2 heterocycles. The van der Waals surface area contributed by atoms with Gasteiger partial charge in [0, 0.05) is 12.2 Å². The van der Waals surface area contributed by atoms with Crippen LogP contribution in [0.1, 0.15) is 46.6 Å². The number of carboxylic acid groups (broad SMARTS) is 1. The van der Waals surface area contributed by atoms with E-state index in [-0.39, 0.29) is 29.4 Å². The molecular formula is C19H30ClN5O4Si. The van der Waals surface area contributed by atoms with Gasteiger partial charge in [0.25, 0.3) is 5.89 Å². The largest absolute Gasteiger partial charge is 0.465 e. The van der Waals surface area contributed by atoms with Gasteiger partial charge in [-0.25, -0.2) is 9.78 Å². The highest BCUT2D eigenvalue weighted by atomic mass is 35.5. The summed E-state index contributed by atoms with van der Waals surface area (Å²) in [5.41, 5.74) is 1.31. The number of aromatic nitrogens is 3. The minimum absolute atomic E-state index is 0.000550. The van der Waals surface area contributed by atoms with E-state index in [1.165, 1.54) is 0 Å². The van der Waals surface area contributed by atoms with Crippen LogP contribution >= 0.6 is 11.6 Å². The van der Waals surface area contributed by atoms with Crippen molar-refractivity contribution in [1.29, 1.82) is 0 Å². The van der Waals surface area contributed by atoms with Crippen molar-refractivity contribution in [3.63, 3.8) is 0 Å². The van der Waals surface area contributed by atoms with Crippen LogP contribution in [-0.4, -0.2) is 47.3 Å². The van der Waals surface area contributed by atoms with Crippen molar-refractivity contribution >= 4 is 31.7 Å². The van der Waals surface area contributed by atoms with Crippen LogP contribution in [0.4, 0.5) is 10.5 Å². The van der Waals surface area contributed by atoms with E-state index in [4.69, 9.17) is 25.6 Å². The van der Waals surface area contributed by atoms with Gasteiger partial charge in [-0.3, -0.25) is 0 Å². The Morgan fingerprint density at radius 3 is 2.57 bits per heavy atom. The highest BCUT2D eigenvalue weighted by Crippen LogP contribution is 2.40. The zero-order valence-electron chi connectivity index (χ0n) is 18.4. The molecule has 0 aromatic carbocycles. The van der Waals surface area contributed by atoms with Crippen molar-refractivity contribution in [1.82, 2.24) is 20.5 Å². The summed E-state index contributed by atoms with van der Waals surface area (Å²) in [6, 6.07) is 1.84. The average Bonchev–Trinajstić information content (AvgIpc) is 3.06. The molecule has 1 atom stereocenters. The standard InChI is InChI=1S/C19H30ClN5O4Si/c1-11(2)23-13-8-15(20)21-9-12(13)16-24-25-17(28-16)14(10-22-18(26)27)29-30(6,7)19(3,4)5/h8-9,11,14,22H,10H2,1-7H3,(H,21,23)(H,26,27). The highest BCUT2D eigenvalue weighted by Gasteiger charge is 2.40. The lowest BCUT2D eigenvalue weighted by Gasteiger charge is -2.38. The number of carbonyl (C=O) groups is 1. The molecule has 0 saturated heterocycles. The lowest BCUT2D eigenvalue weighted by atomic mass is 10.2. The number of nitrogens with one attached hydrogen (secondary N) is 2. The minimum Gasteiger partial charge on any atom is -0.465 e. The Kier molecular flexibility index (Phi) is 7.48. The second-order valence-electron chi connectivity index (χ2n) is 8.85. The maximum absolute atomic E-state index is 11.1. The van der Waals surface area contributed by atoms with Gasteiger partial charge in [0.05, 0.1) is 17.8 Å². The molecule has 3 N–H and O–H groups in total. The first kappa shape index (κ1) is 24.1. The van der Waals surface area contributed by atoms with Gasteiger partial charge < -0.3 is 24.6 Å². The first-order valence-electron chi connectivity index (χ1n) is 9.70. The van der Waals surface area contributed by atoms with Gasteiger partial charge in [-0.05, 0) is 38.0 Å². The number of amides is 1. The van der Waals surface area contributed by atoms with Crippen LogP contribution in [0.25, 0.3) is 11.5 Å². The van der Waals surface area contributed by atoms with E-state index in [1.54, 1.807) is 12.3 Å². The van der Waals surface area contributed by atoms with E-state index >= 15 is 0 Å². The third-order valence-electron chi connectivity index (χ3n) is 4.94. The molecule has 0 bridgehead atoms. The van der Waals surface area contributed by atoms with Crippen molar-refractivity contribution in [3.8, 4) is 11.5 Å². The number of hydrogen-bond acceptors (Lipinski definition) is 7. The molecule has 2 rings (SSSR count). The van der Waals surface area contributed by atoms with Crippen molar-refractivity contribution in [2.75, 3.05) is 11.9 Å². The number of halogens is 1. The summed E-state index contributed by atoms with van der Waals surface area (Å²) in [4.78, 5) is 15.2. The molecule has 0 aliphatic heterocycles. The quantitative estimate of drug-likeness (QED) is 0.378. The summed E-state index contributed by atoms with van der Waals surface area (Å²) in [5.74, 6) is 0.450. The zero-order valence-corrected chi connectivity index (χ0v) is 20.2. The van der Waals surface area contributed by atoms with Gasteiger partial charge in [0.1, 0.15) is 11.3 Å². The molecule has 11 heteroatoms. The van der Waals surface area contributed by atoms with Crippen LogP contribution in [-0.2, 0) is 4.43 Å². The maximum atomic E-state index is 11.1. The maximum Gasteiger partial charge on any atom is 0.404 e. The second kappa shape index (κ2) is 9.32. The first-order valence-corrected chi connectivity index (χ1v) is 13.0. The molecule has 2 aromatic heterocycles. The molecule has 0 fully saturated rings. The Morgan fingerprint density at radius 1 is 1.33 bits per heavy atom. The van der Waals surface area contributed by atoms with Crippen LogP contribution in [0.3, 0.4) is 0 Å². The van der Waals surface area contributed by atoms with Crippen LogP contribution in [0.15, 0.2) is 16.7 Å². The molecule has 0 radical (unpaired) electrons. The molecule has 166 valence electrons. The van der Waals surface area contributed by atoms with Gasteiger partial charge in [0.2, 0.25) is 5.89 Å². The summed E-state index contributed by atoms with van der Waals surface area (Å²) < 4.78 is 12.3. The Bertz CT molecular complexity index is 882. The Balaban J connectivity index is 2.38. The Morgan fingerprint density at radius 2 is 2.00 bits per heavy atom. The summed E-state index contributed by atoms with van der Waals surface area (Å²) in [5, 5.41) is 23.2. The Labute approximate surface area is 182 Å². The second-order valence-corrected chi connectivity index (χ2v) is 14.0. The number of rotatable bonds is 8. The molecule has 30 heavy (non-hydrogen) atoms. The van der Waals surface area contributed by atoms with Crippen LogP contribution < -0.4 is 10.6 Å². The van der Waals surface area contributed by atoms with Crippen molar-refractivity contribution < 1.29 is 18.7 Å². The molecule has 1 amide bonds. The fourth-order valence-corrected chi connectivity index (χ4v) is 3.80. The lowest BCUT2D eigenvalue weighted by molar-refractivity contribution is 0.141. The van der Waals surface area contributed by atoms with Gasteiger partial charge in [0.15, 0.2) is 8.32 Å². The van der Waals surface area contributed by atoms with E-state index in [0.717, 1.165) is 0 Å². The third kappa shape index (κ3) is 6.16. The van der Waals surface area contributed by atoms with Gasteiger partial charge in [-0.2, -0.15) is 0 Å². The van der Waals surface area contributed by atoms with Crippen LogP contribution in [0.5, 0.6) is 0 Å². The smallest absolute Gasteiger partial charge is 0.404 e. The monoisotopic (exact) mass is 455 g/mol. The molecule has 1 unspecified atom stereocenters. The molecular weight excluding hydrogens is 426 g/mol. The number of pyridine rings is 1. The van der Waals surface area contributed by atoms with Crippen LogP contribution in [0, 0.1) is 0 Å². The Hall–Kier alpha value is -2.17. The van der Waals surface area contributed by atoms with Gasteiger partial charge >= 0.3 is 6.09 Å². The van der Waals surface area contributed by atoms with E-state index < -0.39 is 20.5 Å². The molecule has 0 saturated carbocycles. The summed E-state index contributed by atoms with van der Waals surface area (Å²) in [6.45, 7) is 14.4. The zero-order chi connectivity index (χ0) is 22.7. The topological polar surface area (TPSA) is 122 Å². The summed E-state index contributed by atoms with van der Waals surface area (Å²) >= 11 is 6.03. The first-order chi connectivity index (χ1) is 13.8. The predicted octanol–water partition coefficient (Wildman–Crippen LogP) is 4.94. The number of nitrogens with zero attached hydrogens (tertiary/aromatic N) is 3. The molecule has 0 spiro atoms. The average molecular weight is 456 g/mol.